The van der Waals surface area contributed by atoms with E-state index in [1.807, 2.05) is 6.92 Å². The van der Waals surface area contributed by atoms with Crippen LogP contribution >= 0.6 is 0 Å². The van der Waals surface area contributed by atoms with Gasteiger partial charge in [-0.25, -0.2) is 0 Å². The Morgan fingerprint density at radius 1 is 1.21 bits per heavy atom. The first-order chi connectivity index (χ1) is 6.59. The predicted molar refractivity (Wildman–Crippen MR) is 49.5 cm³/mol. The maximum Gasteiger partial charge on any atom is 0.323 e. The summed E-state index contributed by atoms with van der Waals surface area (Å²) in [5.74, 6) is -0.836. The van der Waals surface area contributed by atoms with Crippen LogP contribution in [0.4, 0.5) is 0 Å². The van der Waals surface area contributed by atoms with E-state index in [-0.39, 0.29) is 5.92 Å². The maximum atomic E-state index is 11.5. The molecular weight excluding hydrogens is 184 g/mol. The Morgan fingerprint density at radius 3 is 1.79 bits per heavy atom. The number of rotatable bonds is 4. The SMILES string of the molecule is CCOC(=O)C1(C(=O)OCC)C[C@@H]1C. The summed E-state index contributed by atoms with van der Waals surface area (Å²) in [4.78, 5) is 23.1. The quantitative estimate of drug-likeness (QED) is 0.504. The third-order valence-electron chi connectivity index (χ3n) is 2.59. The van der Waals surface area contributed by atoms with Crippen molar-refractivity contribution in [3.63, 3.8) is 0 Å². The van der Waals surface area contributed by atoms with Gasteiger partial charge in [0.15, 0.2) is 5.41 Å². The monoisotopic (exact) mass is 200 g/mol. The van der Waals surface area contributed by atoms with E-state index < -0.39 is 17.4 Å². The van der Waals surface area contributed by atoms with Crippen molar-refractivity contribution < 1.29 is 19.1 Å². The Kier molecular flexibility index (Phi) is 3.13. The Balaban J connectivity index is 2.68. The van der Waals surface area contributed by atoms with Crippen molar-refractivity contribution in [2.24, 2.45) is 11.3 Å². The summed E-state index contributed by atoms with van der Waals surface area (Å²) in [6.07, 6.45) is 0.546. The number of ether oxygens (including phenoxy) is 2. The van der Waals surface area contributed by atoms with E-state index in [0.717, 1.165) is 0 Å². The van der Waals surface area contributed by atoms with Crippen molar-refractivity contribution in [3.8, 4) is 0 Å². The highest BCUT2D eigenvalue weighted by Gasteiger charge is 2.65. The molecule has 1 rings (SSSR count). The van der Waals surface area contributed by atoms with Gasteiger partial charge in [-0.05, 0) is 26.2 Å². The van der Waals surface area contributed by atoms with E-state index >= 15 is 0 Å². The number of hydrogen-bond donors (Lipinski definition) is 0. The summed E-state index contributed by atoms with van der Waals surface area (Å²) in [6, 6.07) is 0. The van der Waals surface area contributed by atoms with Gasteiger partial charge >= 0.3 is 11.9 Å². The van der Waals surface area contributed by atoms with E-state index in [0.29, 0.717) is 19.6 Å². The van der Waals surface area contributed by atoms with Gasteiger partial charge in [0.25, 0.3) is 0 Å². The normalized spacial score (nSPS) is 22.6. The standard InChI is InChI=1S/C10H16O4/c1-4-13-8(11)10(6-7(10)3)9(12)14-5-2/h7H,4-6H2,1-3H3/t7-/m0/s1. The highest BCUT2D eigenvalue weighted by molar-refractivity contribution is 6.03. The third-order valence-corrected chi connectivity index (χ3v) is 2.59. The number of carbonyl (C=O) groups excluding carboxylic acids is 2. The third kappa shape index (κ3) is 1.61. The zero-order chi connectivity index (χ0) is 10.8. The molecule has 0 heterocycles. The van der Waals surface area contributed by atoms with Crippen LogP contribution < -0.4 is 0 Å². The van der Waals surface area contributed by atoms with Crippen molar-refractivity contribution >= 4 is 11.9 Å². The lowest BCUT2D eigenvalue weighted by atomic mass is 10.1. The van der Waals surface area contributed by atoms with Crippen LogP contribution in [0.3, 0.4) is 0 Å². The Morgan fingerprint density at radius 2 is 1.57 bits per heavy atom. The molecule has 80 valence electrons. The molecule has 0 unspecified atom stereocenters. The van der Waals surface area contributed by atoms with Gasteiger partial charge in [0.05, 0.1) is 13.2 Å². The fourth-order valence-corrected chi connectivity index (χ4v) is 1.60. The molecule has 1 aliphatic carbocycles. The minimum atomic E-state index is -0.994. The van der Waals surface area contributed by atoms with Crippen molar-refractivity contribution in [2.75, 3.05) is 13.2 Å². The largest absolute Gasteiger partial charge is 0.465 e. The molecule has 0 aliphatic heterocycles. The van der Waals surface area contributed by atoms with E-state index in [1.165, 1.54) is 0 Å². The first-order valence-corrected chi connectivity index (χ1v) is 4.94. The van der Waals surface area contributed by atoms with Crippen LogP contribution in [-0.4, -0.2) is 25.2 Å². The van der Waals surface area contributed by atoms with Gasteiger partial charge < -0.3 is 9.47 Å². The first kappa shape index (κ1) is 11.0. The summed E-state index contributed by atoms with van der Waals surface area (Å²) in [5.41, 5.74) is -0.994. The Bertz CT molecular complexity index is 229. The van der Waals surface area contributed by atoms with Crippen LogP contribution in [-0.2, 0) is 19.1 Å². The molecule has 0 aromatic carbocycles. The van der Waals surface area contributed by atoms with E-state index in [4.69, 9.17) is 9.47 Å². The van der Waals surface area contributed by atoms with E-state index in [9.17, 15) is 9.59 Å². The van der Waals surface area contributed by atoms with Gasteiger partial charge in [0.1, 0.15) is 0 Å². The topological polar surface area (TPSA) is 52.6 Å². The average Bonchev–Trinajstić information content (AvgIpc) is 2.80. The van der Waals surface area contributed by atoms with Gasteiger partial charge in [-0.15, -0.1) is 0 Å². The van der Waals surface area contributed by atoms with Crippen molar-refractivity contribution in [1.29, 1.82) is 0 Å². The minimum absolute atomic E-state index is 0.0422. The second kappa shape index (κ2) is 3.98. The number of carbonyl (C=O) groups is 2. The number of esters is 2. The molecule has 0 N–H and O–H groups in total. The van der Waals surface area contributed by atoms with Gasteiger partial charge in [0, 0.05) is 0 Å². The van der Waals surface area contributed by atoms with Crippen LogP contribution in [0.5, 0.6) is 0 Å². The zero-order valence-electron chi connectivity index (χ0n) is 8.83. The van der Waals surface area contributed by atoms with E-state index in [1.54, 1.807) is 13.8 Å². The van der Waals surface area contributed by atoms with Crippen LogP contribution in [0.15, 0.2) is 0 Å². The maximum absolute atomic E-state index is 11.5. The van der Waals surface area contributed by atoms with E-state index in [2.05, 4.69) is 0 Å². The zero-order valence-corrected chi connectivity index (χ0v) is 8.83. The smallest absolute Gasteiger partial charge is 0.323 e. The fourth-order valence-electron chi connectivity index (χ4n) is 1.60. The van der Waals surface area contributed by atoms with Crippen molar-refractivity contribution in [3.05, 3.63) is 0 Å². The Labute approximate surface area is 83.6 Å². The summed E-state index contributed by atoms with van der Waals surface area (Å²) in [6.45, 7) is 5.90. The van der Waals surface area contributed by atoms with Crippen LogP contribution in [0.1, 0.15) is 27.2 Å². The summed E-state index contributed by atoms with van der Waals surface area (Å²) in [5, 5.41) is 0. The molecule has 4 heteroatoms. The van der Waals surface area contributed by atoms with Gasteiger partial charge in [-0.3, -0.25) is 9.59 Å². The van der Waals surface area contributed by atoms with Crippen LogP contribution in [0.25, 0.3) is 0 Å². The highest BCUT2D eigenvalue weighted by Crippen LogP contribution is 2.54. The molecule has 0 radical (unpaired) electrons. The molecule has 0 saturated heterocycles. The van der Waals surface area contributed by atoms with Gasteiger partial charge in [-0.1, -0.05) is 6.92 Å². The first-order valence-electron chi connectivity index (χ1n) is 4.94. The summed E-state index contributed by atoms with van der Waals surface area (Å²) in [7, 11) is 0. The minimum Gasteiger partial charge on any atom is -0.465 e. The Hall–Kier alpha value is -1.06. The van der Waals surface area contributed by atoms with Crippen molar-refractivity contribution in [1.82, 2.24) is 0 Å². The second-order valence-electron chi connectivity index (χ2n) is 3.52. The molecule has 1 atom stereocenters. The lowest BCUT2D eigenvalue weighted by Gasteiger charge is -2.13. The molecule has 1 saturated carbocycles. The molecule has 0 amide bonds. The molecular formula is C10H16O4. The molecule has 0 aromatic heterocycles. The lowest BCUT2D eigenvalue weighted by Crippen LogP contribution is -2.31. The second-order valence-corrected chi connectivity index (χ2v) is 3.52. The highest BCUT2D eigenvalue weighted by atomic mass is 16.6. The molecule has 0 spiro atoms. The summed E-state index contributed by atoms with van der Waals surface area (Å²) < 4.78 is 9.73. The molecule has 1 fully saturated rings. The molecule has 0 aromatic rings. The molecule has 14 heavy (non-hydrogen) atoms. The van der Waals surface area contributed by atoms with Gasteiger partial charge in [0.2, 0.25) is 0 Å². The molecule has 0 bridgehead atoms. The predicted octanol–water partition coefficient (Wildman–Crippen LogP) is 1.14. The molecule has 1 aliphatic rings. The van der Waals surface area contributed by atoms with Crippen LogP contribution in [0.2, 0.25) is 0 Å². The van der Waals surface area contributed by atoms with Crippen molar-refractivity contribution in [2.45, 2.75) is 27.2 Å². The lowest BCUT2D eigenvalue weighted by molar-refractivity contribution is -0.164. The van der Waals surface area contributed by atoms with Gasteiger partial charge in [-0.2, -0.15) is 0 Å². The van der Waals surface area contributed by atoms with Crippen LogP contribution in [0, 0.1) is 11.3 Å². The summed E-state index contributed by atoms with van der Waals surface area (Å²) >= 11 is 0. The fraction of sp³-hybridized carbons (Fsp3) is 0.800. The molecule has 4 nitrogen and oxygen atoms in total. The average molecular weight is 200 g/mol. The number of hydrogen-bond acceptors (Lipinski definition) is 4.